The predicted octanol–water partition coefficient (Wildman–Crippen LogP) is 3.87. The van der Waals surface area contributed by atoms with Crippen molar-refractivity contribution >= 4 is 17.5 Å². The number of hydrogen-bond acceptors (Lipinski definition) is 6. The molecule has 0 radical (unpaired) electrons. The third-order valence-corrected chi connectivity index (χ3v) is 9.11. The van der Waals surface area contributed by atoms with Crippen molar-refractivity contribution in [1.29, 1.82) is 0 Å². The zero-order chi connectivity index (χ0) is 25.2. The molecule has 5 atom stereocenters. The fourth-order valence-electron chi connectivity index (χ4n) is 7.52. The number of nitrogens with one attached hydrogen (secondary N) is 1. The van der Waals surface area contributed by atoms with E-state index in [9.17, 15) is 14.3 Å². The van der Waals surface area contributed by atoms with Gasteiger partial charge < -0.3 is 20.2 Å². The van der Waals surface area contributed by atoms with Crippen molar-refractivity contribution in [3.8, 4) is 0 Å². The largest absolute Gasteiger partial charge is 0.386 e. The SMILES string of the molecule is C[C@@H]1CN(c2ccc(C(C)(C)O)cc2F)CCN1c1nccc(C(=O)N[C@]23C[C@@H]4C[C@@H](C[C@H]2C4)C3)n1. The summed E-state index contributed by atoms with van der Waals surface area (Å²) in [6.07, 6.45) is 7.75. The van der Waals surface area contributed by atoms with Crippen LogP contribution in [-0.2, 0) is 5.60 Å². The highest BCUT2D eigenvalue weighted by molar-refractivity contribution is 5.93. The summed E-state index contributed by atoms with van der Waals surface area (Å²) < 4.78 is 14.9. The highest BCUT2D eigenvalue weighted by Crippen LogP contribution is 2.60. The van der Waals surface area contributed by atoms with E-state index < -0.39 is 5.60 Å². The Morgan fingerprint density at radius 2 is 1.92 bits per heavy atom. The van der Waals surface area contributed by atoms with E-state index in [0.717, 1.165) is 24.7 Å². The number of nitrogens with zero attached hydrogens (tertiary/aromatic N) is 4. The maximum absolute atomic E-state index is 14.9. The van der Waals surface area contributed by atoms with Gasteiger partial charge in [-0.15, -0.1) is 0 Å². The van der Waals surface area contributed by atoms with Crippen LogP contribution in [0, 0.1) is 23.6 Å². The molecule has 7 nitrogen and oxygen atoms in total. The Morgan fingerprint density at radius 1 is 1.17 bits per heavy atom. The van der Waals surface area contributed by atoms with Crippen molar-refractivity contribution in [2.45, 2.75) is 70.1 Å². The number of benzene rings is 1. The maximum atomic E-state index is 14.9. The van der Waals surface area contributed by atoms with Gasteiger partial charge in [0.25, 0.3) is 5.91 Å². The van der Waals surface area contributed by atoms with E-state index in [0.29, 0.717) is 48.4 Å². The summed E-state index contributed by atoms with van der Waals surface area (Å²) in [6, 6.07) is 6.68. The normalized spacial score (nSPS) is 31.2. The number of piperazine rings is 1. The van der Waals surface area contributed by atoms with E-state index in [4.69, 9.17) is 0 Å². The molecule has 1 amide bonds. The molecule has 5 aliphatic rings. The lowest BCUT2D eigenvalue weighted by atomic mass is 9.80. The zero-order valence-corrected chi connectivity index (χ0v) is 21.4. The first-order chi connectivity index (χ1) is 17.1. The Morgan fingerprint density at radius 3 is 2.58 bits per heavy atom. The standard InChI is InChI=1S/C28H36FN5O2/c1-17-16-33(24-5-4-20(13-22(24)29)27(2,3)36)8-9-34(17)26-30-7-6-23(31-26)25(35)32-28-14-18-10-19(15-28)12-21(28)11-18/h4-7,13,17-19,21,36H,8-12,14-16H2,1-3H3,(H,32,35)/t17-,18-,19+,21-,28+/m1/s1. The lowest BCUT2D eigenvalue weighted by molar-refractivity contribution is 0.0782. The van der Waals surface area contributed by atoms with Gasteiger partial charge in [-0.2, -0.15) is 0 Å². The molecule has 0 unspecified atom stereocenters. The summed E-state index contributed by atoms with van der Waals surface area (Å²) in [4.78, 5) is 26.5. The second-order valence-corrected chi connectivity index (χ2v) is 12.1. The third-order valence-electron chi connectivity index (χ3n) is 9.11. The number of rotatable bonds is 5. The van der Waals surface area contributed by atoms with E-state index in [1.165, 1.54) is 25.3 Å². The monoisotopic (exact) mass is 493 g/mol. The van der Waals surface area contributed by atoms with Gasteiger partial charge in [0.05, 0.1) is 11.3 Å². The van der Waals surface area contributed by atoms with Gasteiger partial charge in [-0.25, -0.2) is 14.4 Å². The van der Waals surface area contributed by atoms with Gasteiger partial charge in [-0.3, -0.25) is 4.79 Å². The smallest absolute Gasteiger partial charge is 0.270 e. The van der Waals surface area contributed by atoms with Crippen LogP contribution >= 0.6 is 0 Å². The van der Waals surface area contributed by atoms with Crippen LogP contribution in [0.3, 0.4) is 0 Å². The number of aromatic nitrogens is 2. The van der Waals surface area contributed by atoms with Crippen LogP contribution in [0.5, 0.6) is 0 Å². The van der Waals surface area contributed by atoms with E-state index >= 15 is 0 Å². The van der Waals surface area contributed by atoms with Crippen molar-refractivity contribution in [3.05, 3.63) is 47.5 Å². The Labute approximate surface area is 212 Å². The summed E-state index contributed by atoms with van der Waals surface area (Å²) in [7, 11) is 0. The van der Waals surface area contributed by atoms with E-state index in [1.807, 2.05) is 4.90 Å². The second kappa shape index (κ2) is 8.40. The highest BCUT2D eigenvalue weighted by atomic mass is 19.1. The average molecular weight is 494 g/mol. The number of aliphatic hydroxyl groups is 1. The molecular weight excluding hydrogens is 457 g/mol. The van der Waals surface area contributed by atoms with Gasteiger partial charge in [0.15, 0.2) is 0 Å². The summed E-state index contributed by atoms with van der Waals surface area (Å²) >= 11 is 0. The number of halogens is 1. The van der Waals surface area contributed by atoms with Crippen molar-refractivity contribution in [3.63, 3.8) is 0 Å². The molecule has 0 spiro atoms. The molecule has 8 heteroatoms. The van der Waals surface area contributed by atoms with Crippen LogP contribution in [0.4, 0.5) is 16.0 Å². The molecule has 1 aliphatic heterocycles. The Balaban J connectivity index is 1.14. The number of anilines is 2. The van der Waals surface area contributed by atoms with Gasteiger partial charge in [-0.1, -0.05) is 6.07 Å². The minimum Gasteiger partial charge on any atom is -0.386 e. The predicted molar refractivity (Wildman–Crippen MR) is 136 cm³/mol. The Bertz CT molecular complexity index is 1170. The van der Waals surface area contributed by atoms with Crippen LogP contribution in [0.2, 0.25) is 0 Å². The second-order valence-electron chi connectivity index (χ2n) is 12.1. The van der Waals surface area contributed by atoms with Gasteiger partial charge in [0.2, 0.25) is 5.95 Å². The first-order valence-corrected chi connectivity index (χ1v) is 13.3. The molecule has 2 N–H and O–H groups in total. The fraction of sp³-hybridized carbons (Fsp3) is 0.607. The summed E-state index contributed by atoms with van der Waals surface area (Å²) in [5, 5.41) is 13.6. The molecule has 1 aromatic heterocycles. The Kier molecular flexibility index (Phi) is 5.52. The molecular formula is C28H36FN5O2. The maximum Gasteiger partial charge on any atom is 0.270 e. The zero-order valence-electron chi connectivity index (χ0n) is 21.4. The highest BCUT2D eigenvalue weighted by Gasteiger charge is 2.58. The quantitative estimate of drug-likeness (QED) is 0.658. The summed E-state index contributed by atoms with van der Waals surface area (Å²) in [5.41, 5.74) is 0.389. The number of carbonyl (C=O) groups excluding carboxylic acids is 1. The lowest BCUT2D eigenvalue weighted by Crippen LogP contribution is -2.53. The molecule has 36 heavy (non-hydrogen) atoms. The van der Waals surface area contributed by atoms with Gasteiger partial charge >= 0.3 is 0 Å². The van der Waals surface area contributed by atoms with Crippen molar-refractivity contribution in [2.75, 3.05) is 29.4 Å². The van der Waals surface area contributed by atoms with E-state index in [-0.39, 0.29) is 23.3 Å². The van der Waals surface area contributed by atoms with Crippen molar-refractivity contribution in [2.24, 2.45) is 17.8 Å². The minimum atomic E-state index is -1.09. The molecule has 1 aromatic carbocycles. The molecule has 4 saturated carbocycles. The van der Waals surface area contributed by atoms with E-state index in [2.05, 4.69) is 27.1 Å². The van der Waals surface area contributed by atoms with Crippen LogP contribution in [-0.4, -0.2) is 52.2 Å². The first-order valence-electron chi connectivity index (χ1n) is 13.3. The topological polar surface area (TPSA) is 81.6 Å². The van der Waals surface area contributed by atoms with Gasteiger partial charge in [0.1, 0.15) is 11.5 Å². The third kappa shape index (κ3) is 4.03. The first kappa shape index (κ1) is 23.6. The molecule has 7 rings (SSSR count). The summed E-state index contributed by atoms with van der Waals surface area (Å²) in [6.45, 7) is 7.20. The minimum absolute atomic E-state index is 0.0282. The average Bonchev–Trinajstić information content (AvgIpc) is 3.20. The van der Waals surface area contributed by atoms with Crippen LogP contribution in [0.25, 0.3) is 0 Å². The molecule has 4 aliphatic carbocycles. The number of hydrogen-bond donors (Lipinski definition) is 2. The van der Waals surface area contributed by atoms with E-state index in [1.54, 1.807) is 38.2 Å². The molecule has 5 fully saturated rings. The van der Waals surface area contributed by atoms with Crippen molar-refractivity contribution in [1.82, 2.24) is 15.3 Å². The fourth-order valence-corrected chi connectivity index (χ4v) is 7.52. The van der Waals surface area contributed by atoms with Crippen molar-refractivity contribution < 1.29 is 14.3 Å². The Hall–Kier alpha value is -2.74. The van der Waals surface area contributed by atoms with Gasteiger partial charge in [0, 0.05) is 37.4 Å². The lowest BCUT2D eigenvalue weighted by Gasteiger charge is -2.41. The van der Waals surface area contributed by atoms with Crippen LogP contribution < -0.4 is 15.1 Å². The number of carbonyl (C=O) groups is 1. The molecule has 2 heterocycles. The van der Waals surface area contributed by atoms with Gasteiger partial charge in [-0.05, 0) is 94.4 Å². The molecule has 4 bridgehead atoms. The number of amides is 1. The molecule has 192 valence electrons. The molecule has 2 aromatic rings. The molecule has 1 saturated heterocycles. The van der Waals surface area contributed by atoms with Crippen LogP contribution in [0.15, 0.2) is 30.5 Å². The summed E-state index contributed by atoms with van der Waals surface area (Å²) in [5.74, 6) is 2.29. The van der Waals surface area contributed by atoms with Crippen LogP contribution in [0.1, 0.15) is 68.9 Å².